The quantitative estimate of drug-likeness (QED) is 0.857. The van der Waals surface area contributed by atoms with Crippen LogP contribution in [-0.4, -0.2) is 20.4 Å². The molecule has 0 unspecified atom stereocenters. The van der Waals surface area contributed by atoms with Gasteiger partial charge in [0.05, 0.1) is 0 Å². The van der Waals surface area contributed by atoms with Crippen LogP contribution in [0.25, 0.3) is 0 Å². The molecule has 0 aromatic heterocycles. The Labute approximate surface area is 92.4 Å². The lowest BCUT2D eigenvalue weighted by Gasteiger charge is -2.10. The van der Waals surface area contributed by atoms with Crippen LogP contribution in [0.1, 0.15) is 17.6 Å². The highest BCUT2D eigenvalue weighted by atomic mass is 19.3. The molecule has 0 aliphatic carbocycles. The van der Waals surface area contributed by atoms with Gasteiger partial charge in [-0.1, -0.05) is 0 Å². The van der Waals surface area contributed by atoms with Crippen LogP contribution in [0.2, 0.25) is 0 Å². The second-order valence-electron chi connectivity index (χ2n) is 3.56. The minimum absolute atomic E-state index is 0.0273. The third-order valence-corrected chi connectivity index (χ3v) is 2.51. The second kappa shape index (κ2) is 4.65. The average molecular weight is 229 g/mol. The first-order chi connectivity index (χ1) is 7.72. The zero-order chi connectivity index (χ0) is 11.5. The molecule has 0 spiro atoms. The number of ether oxygens (including phenoxy) is 2. The number of likely N-dealkylation sites (N-methyl/N-ethyl adjacent to an activating group) is 1. The molecule has 0 atom stereocenters. The van der Waals surface area contributed by atoms with E-state index in [1.54, 1.807) is 13.1 Å². The lowest BCUT2D eigenvalue weighted by Crippen LogP contribution is -2.11. The van der Waals surface area contributed by atoms with Crippen molar-refractivity contribution in [3.8, 4) is 11.5 Å². The Morgan fingerprint density at radius 2 is 2.00 bits per heavy atom. The Hall–Kier alpha value is -1.36. The smallest absolute Gasteiger partial charge is 0.264 e. The number of nitrogens with one attached hydrogen (secondary N) is 1. The van der Waals surface area contributed by atoms with Gasteiger partial charge in [0, 0.05) is 5.56 Å². The predicted octanol–water partition coefficient (Wildman–Crippen LogP) is 2.11. The minimum atomic E-state index is -2.48. The molecule has 0 amide bonds. The highest BCUT2D eigenvalue weighted by molar-refractivity contribution is 5.49. The fourth-order valence-electron chi connectivity index (χ4n) is 1.68. The Balaban J connectivity index is 2.32. The van der Waals surface area contributed by atoms with E-state index in [9.17, 15) is 8.78 Å². The molecule has 1 aliphatic rings. The van der Waals surface area contributed by atoms with Crippen LogP contribution in [-0.2, 0) is 6.42 Å². The van der Waals surface area contributed by atoms with Crippen LogP contribution in [0, 0.1) is 0 Å². The number of benzene rings is 1. The summed E-state index contributed by atoms with van der Waals surface area (Å²) >= 11 is 0. The summed E-state index contributed by atoms with van der Waals surface area (Å²) in [5, 5.41) is 2.93. The maximum absolute atomic E-state index is 12.8. The molecule has 1 heterocycles. The van der Waals surface area contributed by atoms with Crippen molar-refractivity contribution in [1.82, 2.24) is 5.32 Å². The van der Waals surface area contributed by atoms with Gasteiger partial charge in [0.1, 0.15) is 0 Å². The normalized spacial score (nSPS) is 13.5. The van der Waals surface area contributed by atoms with E-state index in [-0.39, 0.29) is 12.4 Å². The Morgan fingerprint density at radius 1 is 1.31 bits per heavy atom. The van der Waals surface area contributed by atoms with Crippen LogP contribution < -0.4 is 14.8 Å². The van der Waals surface area contributed by atoms with Crippen LogP contribution >= 0.6 is 0 Å². The molecule has 1 aromatic carbocycles. The van der Waals surface area contributed by atoms with Crippen molar-refractivity contribution in [3.63, 3.8) is 0 Å². The van der Waals surface area contributed by atoms with Gasteiger partial charge in [0.15, 0.2) is 11.5 Å². The number of hydrogen-bond acceptors (Lipinski definition) is 3. The van der Waals surface area contributed by atoms with E-state index in [2.05, 4.69) is 5.32 Å². The van der Waals surface area contributed by atoms with Crippen molar-refractivity contribution in [2.75, 3.05) is 20.4 Å². The lowest BCUT2D eigenvalue weighted by molar-refractivity contribution is 0.149. The van der Waals surface area contributed by atoms with Crippen LogP contribution in [0.5, 0.6) is 11.5 Å². The van der Waals surface area contributed by atoms with Crippen molar-refractivity contribution in [3.05, 3.63) is 23.3 Å². The van der Waals surface area contributed by atoms with E-state index < -0.39 is 6.43 Å². The maximum atomic E-state index is 12.8. The molecule has 0 radical (unpaired) electrons. The van der Waals surface area contributed by atoms with Crippen LogP contribution in [0.3, 0.4) is 0 Å². The van der Waals surface area contributed by atoms with Crippen LogP contribution in [0.4, 0.5) is 8.78 Å². The first kappa shape index (κ1) is 11.1. The van der Waals surface area contributed by atoms with Gasteiger partial charge in [-0.05, 0) is 37.7 Å². The van der Waals surface area contributed by atoms with Gasteiger partial charge in [-0.15, -0.1) is 0 Å². The van der Waals surface area contributed by atoms with E-state index in [1.165, 1.54) is 6.07 Å². The molecule has 2 rings (SSSR count). The van der Waals surface area contributed by atoms with Gasteiger partial charge in [-0.25, -0.2) is 8.78 Å². The topological polar surface area (TPSA) is 30.5 Å². The summed E-state index contributed by atoms with van der Waals surface area (Å²) in [7, 11) is 1.79. The number of halogens is 2. The fraction of sp³-hybridized carbons (Fsp3) is 0.455. The van der Waals surface area contributed by atoms with Gasteiger partial charge >= 0.3 is 0 Å². The first-order valence-electron chi connectivity index (χ1n) is 5.07. The third-order valence-electron chi connectivity index (χ3n) is 2.51. The molecule has 1 aliphatic heterocycles. The van der Waals surface area contributed by atoms with Gasteiger partial charge in [0.25, 0.3) is 6.43 Å². The standard InChI is InChI=1S/C11H13F2NO2/c1-14-3-2-7-4-9-10(16-6-15-9)5-8(7)11(12)13/h4-5,11,14H,2-3,6H2,1H3. The van der Waals surface area contributed by atoms with Gasteiger partial charge in [0.2, 0.25) is 6.79 Å². The maximum Gasteiger partial charge on any atom is 0.264 e. The molecule has 0 saturated heterocycles. The molecular weight excluding hydrogens is 216 g/mol. The predicted molar refractivity (Wildman–Crippen MR) is 55.2 cm³/mol. The van der Waals surface area contributed by atoms with Crippen LogP contribution in [0.15, 0.2) is 12.1 Å². The summed E-state index contributed by atoms with van der Waals surface area (Å²) < 4.78 is 35.9. The summed E-state index contributed by atoms with van der Waals surface area (Å²) in [6.07, 6.45) is -1.94. The van der Waals surface area contributed by atoms with Crippen molar-refractivity contribution in [1.29, 1.82) is 0 Å². The fourth-order valence-corrected chi connectivity index (χ4v) is 1.68. The first-order valence-corrected chi connectivity index (χ1v) is 5.07. The molecule has 0 fully saturated rings. The summed E-state index contributed by atoms with van der Waals surface area (Å²) in [5.74, 6) is 0.957. The Bertz CT molecular complexity index is 382. The zero-order valence-electron chi connectivity index (χ0n) is 8.93. The SMILES string of the molecule is CNCCc1cc2c(cc1C(F)F)OCO2. The number of alkyl halides is 2. The van der Waals surface area contributed by atoms with E-state index in [1.807, 2.05) is 0 Å². The molecule has 0 saturated carbocycles. The van der Waals surface area contributed by atoms with Gasteiger partial charge in [-0.2, -0.15) is 0 Å². The summed E-state index contributed by atoms with van der Waals surface area (Å²) in [6, 6.07) is 3.01. The van der Waals surface area contributed by atoms with Crippen molar-refractivity contribution in [2.45, 2.75) is 12.8 Å². The van der Waals surface area contributed by atoms with Crippen molar-refractivity contribution >= 4 is 0 Å². The lowest BCUT2D eigenvalue weighted by atomic mass is 10.0. The monoisotopic (exact) mass is 229 g/mol. The Kier molecular flexibility index (Phi) is 3.24. The summed E-state index contributed by atoms with van der Waals surface area (Å²) in [6.45, 7) is 0.757. The molecular formula is C11H13F2NO2. The van der Waals surface area contributed by atoms with E-state index in [4.69, 9.17) is 9.47 Å². The van der Waals surface area contributed by atoms with E-state index >= 15 is 0 Å². The van der Waals surface area contributed by atoms with E-state index in [0.717, 1.165) is 0 Å². The third kappa shape index (κ3) is 2.09. The van der Waals surface area contributed by atoms with E-state index in [0.29, 0.717) is 30.0 Å². The molecule has 1 aromatic rings. The Morgan fingerprint density at radius 3 is 2.62 bits per heavy atom. The molecule has 88 valence electrons. The molecule has 0 bridgehead atoms. The molecule has 5 heteroatoms. The minimum Gasteiger partial charge on any atom is -0.454 e. The summed E-state index contributed by atoms with van der Waals surface area (Å²) in [4.78, 5) is 0. The highest BCUT2D eigenvalue weighted by Gasteiger charge is 2.21. The molecule has 16 heavy (non-hydrogen) atoms. The van der Waals surface area contributed by atoms with Crippen molar-refractivity contribution in [2.24, 2.45) is 0 Å². The van der Waals surface area contributed by atoms with Gasteiger partial charge < -0.3 is 14.8 Å². The molecule has 3 nitrogen and oxygen atoms in total. The summed E-state index contributed by atoms with van der Waals surface area (Å²) in [5.41, 5.74) is 0.633. The molecule has 1 N–H and O–H groups in total. The number of hydrogen-bond donors (Lipinski definition) is 1. The second-order valence-corrected chi connectivity index (χ2v) is 3.56. The highest BCUT2D eigenvalue weighted by Crippen LogP contribution is 2.38. The van der Waals surface area contributed by atoms with Gasteiger partial charge in [-0.3, -0.25) is 0 Å². The average Bonchev–Trinajstić information content (AvgIpc) is 2.71. The largest absolute Gasteiger partial charge is 0.454 e. The van der Waals surface area contributed by atoms with Crippen molar-refractivity contribution < 1.29 is 18.3 Å². The number of fused-ring (bicyclic) bond motifs is 1. The number of rotatable bonds is 4. The zero-order valence-corrected chi connectivity index (χ0v) is 8.93.